The summed E-state index contributed by atoms with van der Waals surface area (Å²) >= 11 is 0. The van der Waals surface area contributed by atoms with Gasteiger partial charge in [0.2, 0.25) is 0 Å². The van der Waals surface area contributed by atoms with Gasteiger partial charge in [-0.25, -0.2) is 15.0 Å². The third-order valence-electron chi connectivity index (χ3n) is 11.1. The van der Waals surface area contributed by atoms with Crippen LogP contribution in [0.4, 0.5) is 0 Å². The maximum absolute atomic E-state index is 6.91. The lowest BCUT2D eigenvalue weighted by Gasteiger charge is -2.34. The molecule has 0 fully saturated rings. The zero-order chi connectivity index (χ0) is 37.8. The number of aromatic nitrogens is 3. The van der Waals surface area contributed by atoms with Crippen molar-refractivity contribution in [3.63, 3.8) is 0 Å². The highest BCUT2D eigenvalue weighted by Crippen LogP contribution is 2.62. The molecule has 5 heteroatoms. The van der Waals surface area contributed by atoms with Gasteiger partial charge in [0.25, 0.3) is 0 Å². The maximum Gasteiger partial charge on any atom is 0.178 e. The summed E-state index contributed by atoms with van der Waals surface area (Å²) in [4.78, 5) is 15.2. The fourth-order valence-corrected chi connectivity index (χ4v) is 8.59. The summed E-state index contributed by atoms with van der Waals surface area (Å²) in [6, 6.07) is 69.0. The van der Waals surface area contributed by atoms with Gasteiger partial charge in [0.15, 0.2) is 40.5 Å². The van der Waals surface area contributed by atoms with E-state index in [4.69, 9.17) is 24.4 Å². The van der Waals surface area contributed by atoms with Gasteiger partial charge >= 0.3 is 0 Å². The van der Waals surface area contributed by atoms with Crippen LogP contribution in [0.5, 0.6) is 23.0 Å². The zero-order valence-corrected chi connectivity index (χ0v) is 30.7. The molecule has 1 aliphatic carbocycles. The number of hydrogen-bond acceptors (Lipinski definition) is 5. The molecule has 1 aliphatic heterocycles. The molecule has 57 heavy (non-hydrogen) atoms. The summed E-state index contributed by atoms with van der Waals surface area (Å²) < 4.78 is 13.7. The summed E-state index contributed by atoms with van der Waals surface area (Å²) in [6.07, 6.45) is 0. The van der Waals surface area contributed by atoms with E-state index in [0.717, 1.165) is 44.5 Å². The van der Waals surface area contributed by atoms with Gasteiger partial charge in [0.1, 0.15) is 0 Å². The molecular formula is C52H33N3O2. The highest BCUT2D eigenvalue weighted by atomic mass is 16.6. The number of rotatable bonds is 6. The molecule has 9 aromatic rings. The molecule has 0 atom stereocenters. The van der Waals surface area contributed by atoms with Crippen LogP contribution in [0.1, 0.15) is 22.3 Å². The summed E-state index contributed by atoms with van der Waals surface area (Å²) in [5.41, 5.74) is 11.1. The van der Waals surface area contributed by atoms with Gasteiger partial charge in [-0.3, -0.25) is 0 Å². The van der Waals surface area contributed by atoms with Crippen LogP contribution >= 0.6 is 0 Å². The van der Waals surface area contributed by atoms with Crippen molar-refractivity contribution in [1.82, 2.24) is 15.0 Å². The fraction of sp³-hybridized carbons (Fsp3) is 0.0192. The van der Waals surface area contributed by atoms with E-state index < -0.39 is 5.41 Å². The predicted molar refractivity (Wildman–Crippen MR) is 225 cm³/mol. The van der Waals surface area contributed by atoms with Gasteiger partial charge in [-0.15, -0.1) is 0 Å². The summed E-state index contributed by atoms with van der Waals surface area (Å²) in [5.74, 6) is 4.31. The Kier molecular flexibility index (Phi) is 7.64. The highest BCUT2D eigenvalue weighted by molar-refractivity contribution is 5.92. The summed E-state index contributed by atoms with van der Waals surface area (Å²) in [7, 11) is 0. The lowest BCUT2D eigenvalue weighted by molar-refractivity contribution is 0.360. The largest absolute Gasteiger partial charge is 0.449 e. The third kappa shape index (κ3) is 5.28. The second-order valence-corrected chi connectivity index (χ2v) is 14.3. The Morgan fingerprint density at radius 3 is 1.54 bits per heavy atom. The quantitative estimate of drug-likeness (QED) is 0.170. The van der Waals surface area contributed by atoms with Gasteiger partial charge in [0, 0.05) is 22.3 Å². The lowest BCUT2D eigenvalue weighted by Crippen LogP contribution is -2.28. The van der Waals surface area contributed by atoms with E-state index in [-0.39, 0.29) is 0 Å². The van der Waals surface area contributed by atoms with Crippen LogP contribution < -0.4 is 9.47 Å². The van der Waals surface area contributed by atoms with E-state index >= 15 is 0 Å². The van der Waals surface area contributed by atoms with Gasteiger partial charge < -0.3 is 9.47 Å². The summed E-state index contributed by atoms with van der Waals surface area (Å²) in [6.45, 7) is 0. The summed E-state index contributed by atoms with van der Waals surface area (Å²) in [5, 5.41) is 0. The molecule has 11 rings (SSSR count). The van der Waals surface area contributed by atoms with Crippen LogP contribution in [0.3, 0.4) is 0 Å². The second-order valence-electron chi connectivity index (χ2n) is 14.3. The minimum absolute atomic E-state index is 0.539. The molecule has 8 aromatic carbocycles. The number of nitrogens with zero attached hydrogens (tertiary/aromatic N) is 3. The molecule has 0 spiro atoms. The van der Waals surface area contributed by atoms with Crippen molar-refractivity contribution in [3.05, 3.63) is 222 Å². The van der Waals surface area contributed by atoms with E-state index in [1.165, 1.54) is 16.7 Å². The molecule has 5 nitrogen and oxygen atoms in total. The topological polar surface area (TPSA) is 57.1 Å². The molecule has 0 radical (unpaired) electrons. The Balaban J connectivity index is 1.04. The highest BCUT2D eigenvalue weighted by Gasteiger charge is 2.48. The second kappa shape index (κ2) is 13.3. The maximum atomic E-state index is 6.91. The van der Waals surface area contributed by atoms with E-state index in [1.807, 2.05) is 84.9 Å². The van der Waals surface area contributed by atoms with Crippen molar-refractivity contribution >= 4 is 0 Å². The average Bonchev–Trinajstić information content (AvgIpc) is 3.60. The van der Waals surface area contributed by atoms with E-state index in [9.17, 15) is 0 Å². The van der Waals surface area contributed by atoms with Crippen LogP contribution in [0.25, 0.3) is 56.4 Å². The van der Waals surface area contributed by atoms with Crippen molar-refractivity contribution in [2.75, 3.05) is 0 Å². The van der Waals surface area contributed by atoms with Crippen molar-refractivity contribution in [1.29, 1.82) is 0 Å². The minimum Gasteiger partial charge on any atom is -0.449 e. The van der Waals surface area contributed by atoms with E-state index in [2.05, 4.69) is 115 Å². The molecule has 0 saturated heterocycles. The zero-order valence-electron chi connectivity index (χ0n) is 30.7. The van der Waals surface area contributed by atoms with E-state index in [0.29, 0.717) is 40.5 Å². The van der Waals surface area contributed by atoms with E-state index in [1.54, 1.807) is 0 Å². The smallest absolute Gasteiger partial charge is 0.178 e. The third-order valence-corrected chi connectivity index (χ3v) is 11.1. The molecule has 0 bridgehead atoms. The van der Waals surface area contributed by atoms with Crippen molar-refractivity contribution in [3.8, 4) is 79.4 Å². The van der Waals surface area contributed by atoms with Crippen LogP contribution in [0.2, 0.25) is 0 Å². The van der Waals surface area contributed by atoms with Crippen LogP contribution in [-0.2, 0) is 5.41 Å². The van der Waals surface area contributed by atoms with Gasteiger partial charge in [0.05, 0.1) is 5.41 Å². The molecular weight excluding hydrogens is 699 g/mol. The molecule has 268 valence electrons. The number of ether oxygens (including phenoxy) is 2. The number of fused-ring (bicyclic) bond motifs is 6. The lowest BCUT2D eigenvalue weighted by atomic mass is 9.68. The number of hydrogen-bond donors (Lipinski definition) is 0. The first kappa shape index (κ1) is 32.8. The molecule has 0 amide bonds. The minimum atomic E-state index is -0.539. The standard InChI is InChI=1S/C52H33N3O2/c1-5-17-34(18-6-1)39-25-13-14-26-40(39)51-54-49(35-19-7-2-8-20-35)53-50(55-51)36-29-31-44-46(33-36)56-45-32-30-43-47(48(45)57-44)41-27-15-16-28-42(41)52(43,37-21-9-3-10-22-37)38-23-11-4-12-24-38/h1-33H. The predicted octanol–water partition coefficient (Wildman–Crippen LogP) is 12.8. The Bertz CT molecular complexity index is 2910. The van der Waals surface area contributed by atoms with Crippen LogP contribution in [0, 0.1) is 0 Å². The van der Waals surface area contributed by atoms with Crippen molar-refractivity contribution in [2.24, 2.45) is 0 Å². The molecule has 0 saturated carbocycles. The van der Waals surface area contributed by atoms with Crippen LogP contribution in [-0.4, -0.2) is 15.0 Å². The average molecular weight is 732 g/mol. The van der Waals surface area contributed by atoms with Crippen molar-refractivity contribution < 1.29 is 9.47 Å². The molecule has 0 N–H and O–H groups in total. The molecule has 1 aromatic heterocycles. The van der Waals surface area contributed by atoms with Gasteiger partial charge in [-0.1, -0.05) is 176 Å². The normalized spacial score (nSPS) is 13.0. The Labute approximate surface area is 330 Å². The first-order valence-electron chi connectivity index (χ1n) is 19.1. The first-order chi connectivity index (χ1) is 28.3. The Morgan fingerprint density at radius 1 is 0.333 bits per heavy atom. The number of benzene rings is 8. The SMILES string of the molecule is c1ccc(-c2nc(-c3ccc4c(c3)Oc3ccc5c(c3O4)-c3ccccc3C5(c3ccccc3)c3ccccc3)nc(-c3ccccc3-c3ccccc3)n2)cc1. The molecule has 0 unspecified atom stereocenters. The van der Waals surface area contributed by atoms with Crippen molar-refractivity contribution in [2.45, 2.75) is 5.41 Å². The Hall–Kier alpha value is -7.63. The van der Waals surface area contributed by atoms with Gasteiger partial charge in [-0.2, -0.15) is 0 Å². The monoisotopic (exact) mass is 731 g/mol. The Morgan fingerprint density at radius 2 is 0.860 bits per heavy atom. The van der Waals surface area contributed by atoms with Gasteiger partial charge in [-0.05, 0) is 63.2 Å². The molecule has 2 heterocycles. The molecule has 2 aliphatic rings. The fourth-order valence-electron chi connectivity index (χ4n) is 8.59. The first-order valence-corrected chi connectivity index (χ1v) is 19.1. The van der Waals surface area contributed by atoms with Crippen LogP contribution in [0.15, 0.2) is 200 Å².